The molecule has 26 heavy (non-hydrogen) atoms. The molecule has 1 saturated carbocycles. The van der Waals surface area contributed by atoms with Gasteiger partial charge >= 0.3 is 12.1 Å². The van der Waals surface area contributed by atoms with Crippen molar-refractivity contribution in [2.24, 2.45) is 5.92 Å². The molecular weight excluding hydrogens is 334 g/mol. The molecule has 1 aromatic rings. The number of carbonyl (C=O) groups is 2. The molecule has 8 heteroatoms. The van der Waals surface area contributed by atoms with Gasteiger partial charge in [-0.1, -0.05) is 18.6 Å². The van der Waals surface area contributed by atoms with Crippen LogP contribution in [0.2, 0.25) is 0 Å². The molecule has 2 aliphatic heterocycles. The number of amides is 3. The summed E-state index contributed by atoms with van der Waals surface area (Å²) in [7, 11) is 1.80. The lowest BCUT2D eigenvalue weighted by Crippen LogP contribution is -2.44. The molecule has 3 aliphatic rings. The predicted octanol–water partition coefficient (Wildman–Crippen LogP) is 1.75. The maximum absolute atomic E-state index is 12.7. The number of hydrogen-bond donors (Lipinski definition) is 3. The van der Waals surface area contributed by atoms with E-state index >= 15 is 0 Å². The Morgan fingerprint density at radius 1 is 1.35 bits per heavy atom. The van der Waals surface area contributed by atoms with E-state index in [9.17, 15) is 9.59 Å². The summed E-state index contributed by atoms with van der Waals surface area (Å²) in [6, 6.07) is 7.90. The van der Waals surface area contributed by atoms with Crippen LogP contribution in [0, 0.1) is 5.92 Å². The summed E-state index contributed by atoms with van der Waals surface area (Å²) in [6.07, 6.45) is 3.26. The fraction of sp³-hybridized carbons (Fsp3) is 0.556. The van der Waals surface area contributed by atoms with E-state index < -0.39 is 0 Å². The molecule has 8 nitrogen and oxygen atoms in total. The number of rotatable bonds is 4. The molecule has 0 bridgehead atoms. The van der Waals surface area contributed by atoms with Crippen molar-refractivity contribution in [1.29, 1.82) is 0 Å². The number of para-hydroxylation sites is 2. The first-order chi connectivity index (χ1) is 12.6. The Balaban J connectivity index is 1.41. The minimum atomic E-state index is -0.381. The van der Waals surface area contributed by atoms with E-state index in [-0.39, 0.29) is 18.2 Å². The Kier molecular flexibility index (Phi) is 4.69. The van der Waals surface area contributed by atoms with Crippen molar-refractivity contribution in [3.05, 3.63) is 24.3 Å². The SMILES string of the molecule is CN(CC1NNC2CCCC21)C(=O)Nc1ccccc1N1CCOC1=O. The molecule has 3 atom stereocenters. The zero-order chi connectivity index (χ0) is 18.1. The van der Waals surface area contributed by atoms with Crippen LogP contribution in [0.15, 0.2) is 24.3 Å². The zero-order valence-corrected chi connectivity index (χ0v) is 14.9. The van der Waals surface area contributed by atoms with Crippen molar-refractivity contribution in [3.8, 4) is 0 Å². The fourth-order valence-corrected chi connectivity index (χ4v) is 4.17. The van der Waals surface area contributed by atoms with Crippen molar-refractivity contribution in [2.75, 3.05) is 37.0 Å². The number of benzene rings is 1. The van der Waals surface area contributed by atoms with Gasteiger partial charge in [-0.2, -0.15) is 0 Å². The second kappa shape index (κ2) is 7.13. The van der Waals surface area contributed by atoms with Crippen molar-refractivity contribution in [1.82, 2.24) is 15.8 Å². The Morgan fingerprint density at radius 3 is 3.00 bits per heavy atom. The molecule has 3 amide bonds. The fourth-order valence-electron chi connectivity index (χ4n) is 4.17. The number of fused-ring (bicyclic) bond motifs is 1. The number of carbonyl (C=O) groups excluding carboxylic acids is 2. The topological polar surface area (TPSA) is 85.9 Å². The predicted molar refractivity (Wildman–Crippen MR) is 98.0 cm³/mol. The molecule has 0 aromatic heterocycles. The first kappa shape index (κ1) is 17.1. The van der Waals surface area contributed by atoms with Crippen LogP contribution in [-0.2, 0) is 4.74 Å². The molecule has 2 saturated heterocycles. The van der Waals surface area contributed by atoms with Gasteiger partial charge in [0, 0.05) is 25.7 Å². The normalized spacial score (nSPS) is 27.3. The average Bonchev–Trinajstić information content (AvgIpc) is 3.34. The number of ether oxygens (including phenoxy) is 1. The monoisotopic (exact) mass is 359 g/mol. The number of hydrazine groups is 1. The van der Waals surface area contributed by atoms with Crippen LogP contribution in [0.3, 0.4) is 0 Å². The Hall–Kier alpha value is -2.32. The van der Waals surface area contributed by atoms with Gasteiger partial charge in [-0.15, -0.1) is 0 Å². The van der Waals surface area contributed by atoms with Gasteiger partial charge in [0.1, 0.15) is 6.61 Å². The van der Waals surface area contributed by atoms with Crippen LogP contribution in [0.5, 0.6) is 0 Å². The van der Waals surface area contributed by atoms with Gasteiger partial charge in [0.25, 0.3) is 0 Å². The number of urea groups is 1. The molecule has 3 N–H and O–H groups in total. The van der Waals surface area contributed by atoms with E-state index in [4.69, 9.17) is 4.74 Å². The van der Waals surface area contributed by atoms with Gasteiger partial charge in [0.05, 0.1) is 17.9 Å². The van der Waals surface area contributed by atoms with Crippen LogP contribution in [-0.4, -0.2) is 55.9 Å². The Labute approximate surface area is 152 Å². The van der Waals surface area contributed by atoms with E-state index in [1.165, 1.54) is 19.3 Å². The highest BCUT2D eigenvalue weighted by Gasteiger charge is 2.39. The maximum Gasteiger partial charge on any atom is 0.414 e. The van der Waals surface area contributed by atoms with E-state index in [0.717, 1.165) is 0 Å². The molecule has 3 unspecified atom stereocenters. The molecule has 1 aromatic carbocycles. The number of nitrogens with one attached hydrogen (secondary N) is 3. The number of anilines is 2. The summed E-state index contributed by atoms with van der Waals surface area (Å²) >= 11 is 0. The van der Waals surface area contributed by atoms with Gasteiger partial charge in [0.15, 0.2) is 0 Å². The molecule has 1 aliphatic carbocycles. The molecule has 2 heterocycles. The van der Waals surface area contributed by atoms with Crippen molar-refractivity contribution in [3.63, 3.8) is 0 Å². The third-order valence-corrected chi connectivity index (χ3v) is 5.55. The highest BCUT2D eigenvalue weighted by molar-refractivity contribution is 5.98. The van der Waals surface area contributed by atoms with Crippen molar-refractivity contribution < 1.29 is 14.3 Å². The molecule has 4 rings (SSSR count). The molecule has 0 spiro atoms. The number of nitrogens with zero attached hydrogens (tertiary/aromatic N) is 2. The Bertz CT molecular complexity index is 697. The van der Waals surface area contributed by atoms with Crippen LogP contribution < -0.4 is 21.1 Å². The van der Waals surface area contributed by atoms with Gasteiger partial charge in [-0.25, -0.2) is 9.59 Å². The lowest BCUT2D eigenvalue weighted by atomic mass is 9.97. The van der Waals surface area contributed by atoms with Crippen molar-refractivity contribution in [2.45, 2.75) is 31.3 Å². The molecule has 0 radical (unpaired) electrons. The molecule has 3 fully saturated rings. The first-order valence-electron chi connectivity index (χ1n) is 9.20. The standard InChI is InChI=1S/C18H25N5O3/c1-22(11-15-12-5-4-7-13(12)20-21-15)17(24)19-14-6-2-3-8-16(14)23-9-10-26-18(23)25/h2-3,6,8,12-13,15,20-21H,4-5,7,9-11H2,1H3,(H,19,24). The lowest BCUT2D eigenvalue weighted by Gasteiger charge is -2.25. The minimum Gasteiger partial charge on any atom is -0.447 e. The van der Waals surface area contributed by atoms with E-state index in [1.54, 1.807) is 22.9 Å². The zero-order valence-electron chi connectivity index (χ0n) is 14.9. The summed E-state index contributed by atoms with van der Waals surface area (Å²) < 4.78 is 5.00. The van der Waals surface area contributed by atoms with Crippen LogP contribution in [0.25, 0.3) is 0 Å². The maximum atomic E-state index is 12.7. The Morgan fingerprint density at radius 2 is 2.19 bits per heavy atom. The highest BCUT2D eigenvalue weighted by Crippen LogP contribution is 2.32. The quantitative estimate of drug-likeness (QED) is 0.763. The summed E-state index contributed by atoms with van der Waals surface area (Å²) in [5.41, 5.74) is 7.95. The van der Waals surface area contributed by atoms with Gasteiger partial charge in [-0.05, 0) is 30.9 Å². The lowest BCUT2D eigenvalue weighted by molar-refractivity contribution is 0.181. The smallest absolute Gasteiger partial charge is 0.414 e. The average molecular weight is 359 g/mol. The summed E-state index contributed by atoms with van der Waals surface area (Å²) in [4.78, 5) is 27.8. The van der Waals surface area contributed by atoms with Crippen LogP contribution in [0.1, 0.15) is 19.3 Å². The molecular formula is C18H25N5O3. The number of cyclic esters (lactones) is 1. The third kappa shape index (κ3) is 3.22. The summed E-state index contributed by atoms with van der Waals surface area (Å²) in [5, 5.41) is 2.93. The van der Waals surface area contributed by atoms with Gasteiger partial charge < -0.3 is 15.0 Å². The van der Waals surface area contributed by atoms with E-state index in [1.807, 2.05) is 18.2 Å². The molecule has 140 valence electrons. The van der Waals surface area contributed by atoms with E-state index in [2.05, 4.69) is 16.2 Å². The van der Waals surface area contributed by atoms with Crippen LogP contribution in [0.4, 0.5) is 21.0 Å². The summed E-state index contributed by atoms with van der Waals surface area (Å²) in [5.74, 6) is 0.580. The van der Waals surface area contributed by atoms with E-state index in [0.29, 0.717) is 43.0 Å². The number of likely N-dealkylation sites (N-methyl/N-ethyl adjacent to an activating group) is 1. The highest BCUT2D eigenvalue weighted by atomic mass is 16.6. The number of hydrogen-bond acceptors (Lipinski definition) is 5. The third-order valence-electron chi connectivity index (χ3n) is 5.55. The summed E-state index contributed by atoms with van der Waals surface area (Å²) in [6.45, 7) is 1.49. The largest absolute Gasteiger partial charge is 0.447 e. The van der Waals surface area contributed by atoms with Gasteiger partial charge in [0.2, 0.25) is 0 Å². The second-order valence-electron chi connectivity index (χ2n) is 7.19. The first-order valence-corrected chi connectivity index (χ1v) is 9.20. The van der Waals surface area contributed by atoms with Gasteiger partial charge in [-0.3, -0.25) is 15.8 Å². The second-order valence-corrected chi connectivity index (χ2v) is 7.19. The van der Waals surface area contributed by atoms with Crippen molar-refractivity contribution >= 4 is 23.5 Å². The minimum absolute atomic E-state index is 0.187. The van der Waals surface area contributed by atoms with Crippen LogP contribution >= 0.6 is 0 Å².